The number of nitrogens with one attached hydrogen (secondary N) is 3. The fraction of sp³-hybridized carbons (Fsp3) is 0.286. The standard InChI is InChI=1S/C14H18BrN3O2/c1-3-7-16-14(20)18-13(19)9-17-10(2)11-5-4-6-12(15)8-11/h3-6,8,10,17H,1,7,9H2,2H3,(H2,16,18,19,20). The Balaban J connectivity index is 2.37. The molecule has 1 atom stereocenters. The van der Waals surface area contributed by atoms with Gasteiger partial charge in [-0.15, -0.1) is 6.58 Å². The SMILES string of the molecule is C=CCNC(=O)NC(=O)CNC(C)c1cccc(Br)c1. The third kappa shape index (κ3) is 5.99. The monoisotopic (exact) mass is 339 g/mol. The van der Waals surface area contributed by atoms with Crippen molar-refractivity contribution >= 4 is 27.9 Å². The maximum atomic E-state index is 11.5. The number of halogens is 1. The molecule has 0 aliphatic heterocycles. The third-order valence-electron chi connectivity index (χ3n) is 2.58. The number of imide groups is 1. The van der Waals surface area contributed by atoms with Gasteiger partial charge in [0, 0.05) is 17.1 Å². The Hall–Kier alpha value is -1.66. The van der Waals surface area contributed by atoms with E-state index in [1.807, 2.05) is 31.2 Å². The van der Waals surface area contributed by atoms with E-state index in [2.05, 4.69) is 38.5 Å². The van der Waals surface area contributed by atoms with Crippen LogP contribution in [0, 0.1) is 0 Å². The molecule has 1 rings (SSSR count). The molecule has 5 nitrogen and oxygen atoms in total. The molecule has 0 aliphatic carbocycles. The summed E-state index contributed by atoms with van der Waals surface area (Å²) in [4.78, 5) is 22.8. The molecule has 1 unspecified atom stereocenters. The molecule has 20 heavy (non-hydrogen) atoms. The molecule has 1 aromatic rings. The zero-order valence-electron chi connectivity index (χ0n) is 11.3. The lowest BCUT2D eigenvalue weighted by Gasteiger charge is -2.14. The van der Waals surface area contributed by atoms with Crippen LogP contribution in [0.25, 0.3) is 0 Å². The van der Waals surface area contributed by atoms with E-state index in [0.29, 0.717) is 6.54 Å². The van der Waals surface area contributed by atoms with Crippen molar-refractivity contribution in [3.63, 3.8) is 0 Å². The predicted octanol–water partition coefficient (Wildman–Crippen LogP) is 2.11. The highest BCUT2D eigenvalue weighted by molar-refractivity contribution is 9.10. The van der Waals surface area contributed by atoms with Gasteiger partial charge in [-0.3, -0.25) is 10.1 Å². The molecule has 0 radical (unpaired) electrons. The molecule has 3 amide bonds. The summed E-state index contributed by atoms with van der Waals surface area (Å²) in [6.45, 7) is 5.80. The first-order chi connectivity index (χ1) is 9.52. The Labute approximate surface area is 127 Å². The highest BCUT2D eigenvalue weighted by Gasteiger charge is 2.10. The van der Waals surface area contributed by atoms with Gasteiger partial charge in [-0.2, -0.15) is 0 Å². The van der Waals surface area contributed by atoms with Crippen LogP contribution in [0.15, 0.2) is 41.4 Å². The zero-order chi connectivity index (χ0) is 15.0. The van der Waals surface area contributed by atoms with Crippen LogP contribution >= 0.6 is 15.9 Å². The van der Waals surface area contributed by atoms with Gasteiger partial charge in [0.2, 0.25) is 5.91 Å². The lowest BCUT2D eigenvalue weighted by molar-refractivity contribution is -0.119. The molecule has 0 aliphatic rings. The fourth-order valence-electron chi connectivity index (χ4n) is 1.52. The fourth-order valence-corrected chi connectivity index (χ4v) is 1.94. The minimum atomic E-state index is -0.521. The first-order valence-electron chi connectivity index (χ1n) is 6.20. The molecule has 0 saturated heterocycles. The lowest BCUT2D eigenvalue weighted by atomic mass is 10.1. The molecule has 0 aromatic heterocycles. The molecule has 0 spiro atoms. The smallest absolute Gasteiger partial charge is 0.321 e. The molecule has 1 aromatic carbocycles. The van der Waals surface area contributed by atoms with Crippen molar-refractivity contribution in [2.75, 3.05) is 13.1 Å². The summed E-state index contributed by atoms with van der Waals surface area (Å²) in [5.41, 5.74) is 1.06. The summed E-state index contributed by atoms with van der Waals surface area (Å²) in [5.74, 6) is -0.381. The average Bonchev–Trinajstić information content (AvgIpc) is 2.42. The Morgan fingerprint density at radius 2 is 2.20 bits per heavy atom. The van der Waals surface area contributed by atoms with Gasteiger partial charge in [0.25, 0.3) is 0 Å². The number of benzene rings is 1. The van der Waals surface area contributed by atoms with E-state index in [-0.39, 0.29) is 18.5 Å². The largest absolute Gasteiger partial charge is 0.334 e. The second kappa shape index (κ2) is 8.50. The maximum absolute atomic E-state index is 11.5. The highest BCUT2D eigenvalue weighted by Crippen LogP contribution is 2.17. The molecule has 0 bridgehead atoms. The van der Waals surface area contributed by atoms with Gasteiger partial charge in [0.1, 0.15) is 0 Å². The zero-order valence-corrected chi connectivity index (χ0v) is 12.9. The predicted molar refractivity (Wildman–Crippen MR) is 82.3 cm³/mol. The molecular formula is C14H18BrN3O2. The molecule has 0 heterocycles. The molecule has 3 N–H and O–H groups in total. The van der Waals surface area contributed by atoms with Crippen LogP contribution in [0.5, 0.6) is 0 Å². The van der Waals surface area contributed by atoms with Crippen LogP contribution in [0.1, 0.15) is 18.5 Å². The van der Waals surface area contributed by atoms with Crippen LogP contribution in [0.3, 0.4) is 0 Å². The van der Waals surface area contributed by atoms with Crippen molar-refractivity contribution in [1.29, 1.82) is 0 Å². The van der Waals surface area contributed by atoms with Crippen LogP contribution in [-0.2, 0) is 4.79 Å². The van der Waals surface area contributed by atoms with Crippen molar-refractivity contribution in [2.24, 2.45) is 0 Å². The Kier molecular flexibility index (Phi) is 6.97. The molecule has 0 fully saturated rings. The summed E-state index contributed by atoms with van der Waals surface area (Å²) in [6.07, 6.45) is 1.54. The first kappa shape index (κ1) is 16.4. The number of amides is 3. The maximum Gasteiger partial charge on any atom is 0.321 e. The summed E-state index contributed by atoms with van der Waals surface area (Å²) >= 11 is 3.40. The van der Waals surface area contributed by atoms with E-state index in [9.17, 15) is 9.59 Å². The Morgan fingerprint density at radius 3 is 2.85 bits per heavy atom. The number of carbonyl (C=O) groups excluding carboxylic acids is 2. The van der Waals surface area contributed by atoms with Gasteiger partial charge in [-0.05, 0) is 24.6 Å². The van der Waals surface area contributed by atoms with Gasteiger partial charge in [-0.25, -0.2) is 4.79 Å². The summed E-state index contributed by atoms with van der Waals surface area (Å²) in [6, 6.07) is 7.30. The van der Waals surface area contributed by atoms with E-state index < -0.39 is 6.03 Å². The number of hydrogen-bond acceptors (Lipinski definition) is 3. The van der Waals surface area contributed by atoms with Crippen LogP contribution < -0.4 is 16.0 Å². The van der Waals surface area contributed by atoms with Gasteiger partial charge in [-0.1, -0.05) is 34.1 Å². The van der Waals surface area contributed by atoms with Crippen molar-refractivity contribution in [3.8, 4) is 0 Å². The van der Waals surface area contributed by atoms with Crippen molar-refractivity contribution < 1.29 is 9.59 Å². The summed E-state index contributed by atoms with van der Waals surface area (Å²) in [5, 5.41) is 7.75. The number of hydrogen-bond donors (Lipinski definition) is 3. The third-order valence-corrected chi connectivity index (χ3v) is 3.07. The van der Waals surface area contributed by atoms with Gasteiger partial charge in [0.05, 0.1) is 6.54 Å². The van der Waals surface area contributed by atoms with E-state index >= 15 is 0 Å². The summed E-state index contributed by atoms with van der Waals surface area (Å²) < 4.78 is 0.983. The van der Waals surface area contributed by atoms with E-state index in [1.165, 1.54) is 6.08 Å². The Bertz CT molecular complexity index is 491. The van der Waals surface area contributed by atoms with Gasteiger partial charge < -0.3 is 10.6 Å². The molecule has 0 saturated carbocycles. The van der Waals surface area contributed by atoms with Crippen molar-refractivity contribution in [1.82, 2.24) is 16.0 Å². The number of rotatable bonds is 6. The second-order valence-electron chi connectivity index (χ2n) is 4.20. The Morgan fingerprint density at radius 1 is 1.45 bits per heavy atom. The second-order valence-corrected chi connectivity index (χ2v) is 5.12. The van der Waals surface area contributed by atoms with Crippen molar-refractivity contribution in [2.45, 2.75) is 13.0 Å². The normalized spacial score (nSPS) is 11.5. The topological polar surface area (TPSA) is 70.2 Å². The van der Waals surface area contributed by atoms with E-state index in [4.69, 9.17) is 0 Å². The molecule has 108 valence electrons. The van der Waals surface area contributed by atoms with E-state index in [1.54, 1.807) is 0 Å². The average molecular weight is 340 g/mol. The minimum absolute atomic E-state index is 0.00878. The number of carbonyl (C=O) groups is 2. The highest BCUT2D eigenvalue weighted by atomic mass is 79.9. The van der Waals surface area contributed by atoms with Gasteiger partial charge in [0.15, 0.2) is 0 Å². The summed E-state index contributed by atoms with van der Waals surface area (Å²) in [7, 11) is 0. The minimum Gasteiger partial charge on any atom is -0.334 e. The first-order valence-corrected chi connectivity index (χ1v) is 6.99. The van der Waals surface area contributed by atoms with E-state index in [0.717, 1.165) is 10.0 Å². The molecule has 6 heteroatoms. The molecular weight excluding hydrogens is 322 g/mol. The lowest BCUT2D eigenvalue weighted by Crippen LogP contribution is -2.43. The van der Waals surface area contributed by atoms with Crippen LogP contribution in [0.4, 0.5) is 4.79 Å². The number of urea groups is 1. The van der Waals surface area contributed by atoms with Gasteiger partial charge >= 0.3 is 6.03 Å². The van der Waals surface area contributed by atoms with Crippen LogP contribution in [-0.4, -0.2) is 25.0 Å². The van der Waals surface area contributed by atoms with Crippen LogP contribution in [0.2, 0.25) is 0 Å². The van der Waals surface area contributed by atoms with Crippen molar-refractivity contribution in [3.05, 3.63) is 47.0 Å². The quantitative estimate of drug-likeness (QED) is 0.695.